The molecule has 1 nitrogen and oxygen atoms in total. The molecule has 0 aliphatic carbocycles. The summed E-state index contributed by atoms with van der Waals surface area (Å²) in [6, 6.07) is 0. The molecule has 1 aliphatic heterocycles. The van der Waals surface area contributed by atoms with E-state index in [1.807, 2.05) is 0 Å². The average molecular weight is 165 g/mol. The first-order valence-corrected chi connectivity index (χ1v) is 3.80. The summed E-state index contributed by atoms with van der Waals surface area (Å²) in [5, 5.41) is 0. The van der Waals surface area contributed by atoms with Crippen LogP contribution in [-0.4, -0.2) is 25.0 Å². The molecule has 0 aromatic heterocycles. The fraction of sp³-hybridized carbons (Fsp3) is 0.875. The first kappa shape index (κ1) is 11.6. The number of nitrogens with zero attached hydrogens (tertiary/aromatic N) is 1. The van der Waals surface area contributed by atoms with Crippen molar-refractivity contribution in [2.45, 2.75) is 19.3 Å². The molecule has 0 aromatic rings. The van der Waals surface area contributed by atoms with E-state index in [1.165, 1.54) is 25.9 Å². The van der Waals surface area contributed by atoms with Crippen LogP contribution in [0, 0.1) is 12.8 Å². The minimum Gasteiger partial charge on any atom is -0.343 e. The maximum absolute atomic E-state index is 3.92. The summed E-state index contributed by atoms with van der Waals surface area (Å²) in [7, 11) is 2.19. The SMILES string of the molecule is [CH2-]CC1CCN(C)CC1.[K+]. The van der Waals surface area contributed by atoms with Crippen LogP contribution in [0.4, 0.5) is 0 Å². The van der Waals surface area contributed by atoms with E-state index in [9.17, 15) is 0 Å². The summed E-state index contributed by atoms with van der Waals surface area (Å²) < 4.78 is 0. The van der Waals surface area contributed by atoms with E-state index < -0.39 is 0 Å². The number of piperidine rings is 1. The minimum atomic E-state index is 0. The minimum absolute atomic E-state index is 0. The van der Waals surface area contributed by atoms with E-state index in [-0.39, 0.29) is 51.4 Å². The molecule has 2 heteroatoms. The smallest absolute Gasteiger partial charge is 0.343 e. The summed E-state index contributed by atoms with van der Waals surface area (Å²) >= 11 is 0. The van der Waals surface area contributed by atoms with E-state index >= 15 is 0 Å². The van der Waals surface area contributed by atoms with Crippen LogP contribution in [0.1, 0.15) is 19.3 Å². The summed E-state index contributed by atoms with van der Waals surface area (Å²) in [5.74, 6) is 0.918. The molecule has 0 N–H and O–H groups in total. The number of rotatable bonds is 1. The Kier molecular flexibility index (Phi) is 7.13. The molecule has 1 rings (SSSR count). The van der Waals surface area contributed by atoms with Gasteiger partial charge in [-0.15, -0.1) is 0 Å². The maximum Gasteiger partial charge on any atom is 1.00 e. The van der Waals surface area contributed by atoms with Gasteiger partial charge in [0.1, 0.15) is 0 Å². The Bertz CT molecular complexity index is 77.3. The van der Waals surface area contributed by atoms with Crippen LogP contribution in [0.2, 0.25) is 0 Å². The van der Waals surface area contributed by atoms with E-state index in [0.29, 0.717) is 0 Å². The molecule has 0 atom stereocenters. The first-order valence-electron chi connectivity index (χ1n) is 3.80. The van der Waals surface area contributed by atoms with E-state index in [4.69, 9.17) is 0 Å². The summed E-state index contributed by atoms with van der Waals surface area (Å²) in [5.41, 5.74) is 0. The van der Waals surface area contributed by atoms with Gasteiger partial charge in [-0.25, -0.2) is 0 Å². The zero-order valence-electron chi connectivity index (χ0n) is 7.27. The predicted molar refractivity (Wildman–Crippen MR) is 40.2 cm³/mol. The van der Waals surface area contributed by atoms with Gasteiger partial charge in [-0.3, -0.25) is 0 Å². The van der Waals surface area contributed by atoms with Crippen LogP contribution in [-0.2, 0) is 0 Å². The number of hydrogen-bond donors (Lipinski definition) is 0. The molecule has 0 radical (unpaired) electrons. The molecule has 0 spiro atoms. The molecule has 1 heterocycles. The topological polar surface area (TPSA) is 3.24 Å². The first-order chi connectivity index (χ1) is 4.33. The van der Waals surface area contributed by atoms with Crippen LogP contribution in [0.5, 0.6) is 0 Å². The van der Waals surface area contributed by atoms with Crippen molar-refractivity contribution in [2.24, 2.45) is 5.92 Å². The van der Waals surface area contributed by atoms with E-state index in [2.05, 4.69) is 18.9 Å². The van der Waals surface area contributed by atoms with Gasteiger partial charge in [-0.1, -0.05) is 5.92 Å². The third-order valence-electron chi connectivity index (χ3n) is 2.25. The van der Waals surface area contributed by atoms with Crippen LogP contribution in [0.3, 0.4) is 0 Å². The van der Waals surface area contributed by atoms with Crippen molar-refractivity contribution in [3.05, 3.63) is 6.92 Å². The molecule has 0 saturated carbocycles. The van der Waals surface area contributed by atoms with Crippen LogP contribution in [0.25, 0.3) is 0 Å². The number of likely N-dealkylation sites (tertiary alicyclic amines) is 1. The summed E-state index contributed by atoms with van der Waals surface area (Å²) in [6.07, 6.45) is 3.86. The van der Waals surface area contributed by atoms with Gasteiger partial charge in [0.05, 0.1) is 0 Å². The van der Waals surface area contributed by atoms with Gasteiger partial charge in [-0.2, -0.15) is 6.42 Å². The Labute approximate surface area is 107 Å². The zero-order chi connectivity index (χ0) is 6.69. The Balaban J connectivity index is 0.000000810. The van der Waals surface area contributed by atoms with Gasteiger partial charge in [-0.05, 0) is 33.0 Å². The Morgan fingerprint density at radius 1 is 1.40 bits per heavy atom. The monoisotopic (exact) mass is 165 g/mol. The molecule has 0 unspecified atom stereocenters. The Hall–Kier alpha value is 1.60. The van der Waals surface area contributed by atoms with Crippen LogP contribution in [0.15, 0.2) is 0 Å². The third kappa shape index (κ3) is 3.84. The molecule has 0 aromatic carbocycles. The number of hydrogen-bond acceptors (Lipinski definition) is 1. The van der Waals surface area contributed by atoms with Gasteiger partial charge >= 0.3 is 51.4 Å². The molecular formula is C8H16KN. The van der Waals surface area contributed by atoms with Crippen LogP contribution >= 0.6 is 0 Å². The molecule has 1 fully saturated rings. The van der Waals surface area contributed by atoms with Gasteiger partial charge in [0.25, 0.3) is 0 Å². The summed E-state index contributed by atoms with van der Waals surface area (Å²) in [4.78, 5) is 2.40. The molecule has 10 heavy (non-hydrogen) atoms. The second kappa shape index (κ2) is 6.15. The van der Waals surface area contributed by atoms with Crippen molar-refractivity contribution >= 4 is 0 Å². The standard InChI is InChI=1S/C8H16N.K/c1-3-8-4-6-9(2)7-5-8;/h8H,1,3-7H2,2H3;/q-1;+1. The zero-order valence-corrected chi connectivity index (χ0v) is 10.4. The van der Waals surface area contributed by atoms with Gasteiger partial charge < -0.3 is 11.8 Å². The van der Waals surface area contributed by atoms with Crippen molar-refractivity contribution < 1.29 is 51.4 Å². The fourth-order valence-electron chi connectivity index (χ4n) is 1.35. The Morgan fingerprint density at radius 2 is 1.90 bits per heavy atom. The maximum atomic E-state index is 3.92. The molecule has 54 valence electrons. The van der Waals surface area contributed by atoms with Crippen molar-refractivity contribution in [3.8, 4) is 0 Å². The van der Waals surface area contributed by atoms with Gasteiger partial charge in [0.2, 0.25) is 0 Å². The second-order valence-corrected chi connectivity index (χ2v) is 3.04. The quantitative estimate of drug-likeness (QED) is 0.340. The average Bonchev–Trinajstić information content (AvgIpc) is 1.90. The van der Waals surface area contributed by atoms with Crippen molar-refractivity contribution in [1.29, 1.82) is 0 Å². The molecular weight excluding hydrogens is 149 g/mol. The van der Waals surface area contributed by atoms with E-state index in [1.54, 1.807) is 0 Å². The Morgan fingerprint density at radius 3 is 2.30 bits per heavy atom. The van der Waals surface area contributed by atoms with Crippen molar-refractivity contribution in [1.82, 2.24) is 4.90 Å². The van der Waals surface area contributed by atoms with Crippen molar-refractivity contribution in [2.75, 3.05) is 20.1 Å². The largest absolute Gasteiger partial charge is 1.00 e. The van der Waals surface area contributed by atoms with E-state index in [0.717, 1.165) is 12.3 Å². The molecule has 1 aliphatic rings. The molecule has 0 bridgehead atoms. The normalized spacial score (nSPS) is 22.2. The van der Waals surface area contributed by atoms with Crippen molar-refractivity contribution in [3.63, 3.8) is 0 Å². The summed E-state index contributed by atoms with van der Waals surface area (Å²) in [6.45, 7) is 6.47. The van der Waals surface area contributed by atoms with Crippen LogP contribution < -0.4 is 51.4 Å². The fourth-order valence-corrected chi connectivity index (χ4v) is 1.35. The molecule has 1 saturated heterocycles. The molecule has 0 amide bonds. The van der Waals surface area contributed by atoms with Gasteiger partial charge in [0, 0.05) is 0 Å². The second-order valence-electron chi connectivity index (χ2n) is 3.04. The predicted octanol–water partition coefficient (Wildman–Crippen LogP) is -1.44. The van der Waals surface area contributed by atoms with Gasteiger partial charge in [0.15, 0.2) is 0 Å². The third-order valence-corrected chi connectivity index (χ3v) is 2.25.